The molecule has 0 aliphatic rings. The number of carbonyl (C=O) groups is 4. The molecule has 0 aromatic carbocycles. The Hall–Kier alpha value is 2.74. The molecule has 4 N–H and O–H groups in total. The molecule has 0 unspecified atom stereocenters. The number of hydrogen-bond acceptors (Lipinski definition) is 6. The van der Waals surface area contributed by atoms with Gasteiger partial charge in [-0.2, -0.15) is 0 Å². The Labute approximate surface area is 260 Å². The number of rotatable bonds is 11. The first-order chi connectivity index (χ1) is 9.20. The molecular formula is C10H20HgN2Na4O8. The molecule has 25 heavy (non-hydrogen) atoms. The van der Waals surface area contributed by atoms with Gasteiger partial charge in [0, 0.05) is 40.8 Å². The van der Waals surface area contributed by atoms with E-state index in [1.165, 1.54) is 0 Å². The first-order valence-corrected chi connectivity index (χ1v) is 5.52. The Kier molecular flexibility index (Phi) is 41.6. The van der Waals surface area contributed by atoms with Gasteiger partial charge in [0.1, 0.15) is 0 Å². The summed E-state index contributed by atoms with van der Waals surface area (Å²) in [6.07, 6.45) is 0. The maximum atomic E-state index is 10.6. The molecule has 0 aliphatic carbocycles. The minimum atomic E-state index is -1.23. The summed E-state index contributed by atoms with van der Waals surface area (Å²) in [5.41, 5.74) is 0. The summed E-state index contributed by atoms with van der Waals surface area (Å²) in [6, 6.07) is 0. The van der Waals surface area contributed by atoms with Crippen LogP contribution in [0.3, 0.4) is 0 Å². The molecule has 0 atom stereocenters. The molecule has 15 heteroatoms. The first-order valence-electron chi connectivity index (χ1n) is 5.52. The fraction of sp³-hybridized carbons (Fsp3) is 0.600. The van der Waals surface area contributed by atoms with E-state index in [9.17, 15) is 19.2 Å². The van der Waals surface area contributed by atoms with Crippen LogP contribution in [0.2, 0.25) is 0 Å². The molecule has 0 aromatic heterocycles. The van der Waals surface area contributed by atoms with Crippen LogP contribution in [0.4, 0.5) is 0 Å². The number of nitrogens with zero attached hydrogens (tertiary/aromatic N) is 2. The average molecular weight is 589 g/mol. The van der Waals surface area contributed by atoms with Crippen LogP contribution in [0.25, 0.3) is 0 Å². The fourth-order valence-corrected chi connectivity index (χ4v) is 1.48. The van der Waals surface area contributed by atoms with E-state index in [1.54, 1.807) is 0 Å². The quantitative estimate of drug-likeness (QED) is 0.171. The molecule has 10 nitrogen and oxygen atoms in total. The monoisotopic (exact) mass is 590 g/mol. The largest absolute Gasteiger partial charge is 1.00 e. The van der Waals surface area contributed by atoms with Crippen molar-refractivity contribution < 1.29 is 191 Å². The smallest absolute Gasteiger partial charge is 1.00 e. The van der Waals surface area contributed by atoms with Gasteiger partial charge >= 0.3 is 142 Å². The van der Waals surface area contributed by atoms with E-state index in [1.807, 2.05) is 0 Å². The van der Waals surface area contributed by atoms with Gasteiger partial charge in [-0.25, -0.2) is 0 Å². The summed E-state index contributed by atoms with van der Waals surface area (Å²) in [5.74, 6) is -4.91. The summed E-state index contributed by atoms with van der Waals surface area (Å²) in [4.78, 5) is 44.4. The molecule has 0 spiro atoms. The number of hydrogen-bond donors (Lipinski definition) is 4. The molecular weight excluding hydrogens is 569 g/mol. The van der Waals surface area contributed by atoms with Gasteiger partial charge in [0.2, 0.25) is 0 Å². The predicted octanol–water partition coefficient (Wildman–Crippen LogP) is -13.6. The van der Waals surface area contributed by atoms with Crippen molar-refractivity contribution in [3.63, 3.8) is 0 Å². The zero-order chi connectivity index (χ0) is 15.7. The third-order valence-corrected chi connectivity index (χ3v) is 2.17. The zero-order valence-electron chi connectivity index (χ0n) is 19.3. The van der Waals surface area contributed by atoms with Gasteiger partial charge < -0.3 is 26.1 Å². The molecule has 0 saturated heterocycles. The van der Waals surface area contributed by atoms with Crippen LogP contribution in [0.15, 0.2) is 0 Å². The van der Waals surface area contributed by atoms with E-state index in [0.717, 1.165) is 9.80 Å². The topological polar surface area (TPSA) is 156 Å². The Morgan fingerprint density at radius 1 is 0.560 bits per heavy atom. The van der Waals surface area contributed by atoms with Crippen LogP contribution >= 0.6 is 0 Å². The van der Waals surface area contributed by atoms with Gasteiger partial charge in [0.15, 0.2) is 0 Å². The first kappa shape index (κ1) is 42.0. The van der Waals surface area contributed by atoms with Crippen molar-refractivity contribution >= 4 is 23.9 Å². The second kappa shape index (κ2) is 24.8. The molecule has 0 bridgehead atoms. The van der Waals surface area contributed by atoms with Gasteiger partial charge in [-0.15, -0.1) is 0 Å². The van der Waals surface area contributed by atoms with Crippen LogP contribution in [0, 0.1) is 0 Å². The minimum Gasteiger partial charge on any atom is -1.00 e. The molecule has 0 radical (unpaired) electrons. The van der Waals surface area contributed by atoms with E-state index < -0.39 is 50.1 Å². The molecule has 0 aliphatic heterocycles. The van der Waals surface area contributed by atoms with Crippen molar-refractivity contribution in [2.24, 2.45) is 0 Å². The summed E-state index contributed by atoms with van der Waals surface area (Å²) in [7, 11) is 0. The van der Waals surface area contributed by atoms with Crippen molar-refractivity contribution in [3.05, 3.63) is 0 Å². The van der Waals surface area contributed by atoms with Crippen molar-refractivity contribution in [1.82, 2.24) is 9.80 Å². The van der Waals surface area contributed by atoms with Crippen molar-refractivity contribution in [2.75, 3.05) is 39.3 Å². The molecule has 124 valence electrons. The van der Waals surface area contributed by atoms with Crippen molar-refractivity contribution in [2.45, 2.75) is 0 Å². The number of carboxylic acid groups (broad SMARTS) is 4. The van der Waals surface area contributed by atoms with Gasteiger partial charge in [0.05, 0.1) is 26.2 Å². The maximum absolute atomic E-state index is 10.6. The van der Waals surface area contributed by atoms with Crippen LogP contribution in [0.5, 0.6) is 0 Å². The standard InChI is InChI=1S/C10H16N2O8.Hg.4Na.4H/c13-7(14)3-11(4-8(15)16)1-2-12(5-9(17)18)6-10(19)20;;;;;;;;;/h1-6H2,(H,13,14)(H,15,16)(H,17,18)(H,19,20);;;;;;;;;/q;;4*+1;4*-1. The second-order valence-corrected chi connectivity index (χ2v) is 4.00. The van der Waals surface area contributed by atoms with E-state index in [0.29, 0.717) is 0 Å². The van der Waals surface area contributed by atoms with Crippen LogP contribution in [-0.2, 0) is 46.8 Å². The van der Waals surface area contributed by atoms with Gasteiger partial charge in [0.25, 0.3) is 0 Å². The normalized spacial score (nSPS) is 8.56. The summed E-state index contributed by atoms with van der Waals surface area (Å²) in [6.45, 7) is -2.25. The van der Waals surface area contributed by atoms with Crippen LogP contribution in [0.1, 0.15) is 5.71 Å². The van der Waals surface area contributed by atoms with E-state index >= 15 is 0 Å². The van der Waals surface area contributed by atoms with Crippen molar-refractivity contribution in [3.8, 4) is 0 Å². The molecule has 0 heterocycles. The summed E-state index contributed by atoms with van der Waals surface area (Å²) >= 11 is 0. The van der Waals surface area contributed by atoms with Crippen LogP contribution in [-0.4, -0.2) is 93.4 Å². The summed E-state index contributed by atoms with van der Waals surface area (Å²) < 4.78 is 0. The maximum Gasteiger partial charge on any atom is 1.00 e. The van der Waals surface area contributed by atoms with E-state index in [2.05, 4.69) is 0 Å². The van der Waals surface area contributed by atoms with Gasteiger partial charge in [-0.05, 0) is 0 Å². The minimum absolute atomic E-state index is 0. The molecule has 0 rings (SSSR count). The van der Waals surface area contributed by atoms with Gasteiger partial charge in [-0.1, -0.05) is 0 Å². The fourth-order valence-electron chi connectivity index (χ4n) is 1.48. The number of aliphatic carboxylic acids is 4. The third-order valence-electron chi connectivity index (χ3n) is 2.17. The summed E-state index contributed by atoms with van der Waals surface area (Å²) in [5, 5.41) is 34.5. The molecule has 0 aromatic rings. The Morgan fingerprint density at radius 3 is 0.840 bits per heavy atom. The molecule has 0 fully saturated rings. The zero-order valence-corrected chi connectivity index (χ0v) is 28.8. The third kappa shape index (κ3) is 29.0. The molecule has 0 saturated carbocycles. The SMILES string of the molecule is O=C(O)CN(CCN(CC(=O)O)CC(=O)O)CC(=O)O.[H-].[H-].[H-].[H-].[Hg].[Na+].[Na+].[Na+].[Na+]. The van der Waals surface area contributed by atoms with Crippen LogP contribution < -0.4 is 118 Å². The number of carboxylic acids is 4. The van der Waals surface area contributed by atoms with Gasteiger partial charge in [-0.3, -0.25) is 29.0 Å². The second-order valence-electron chi connectivity index (χ2n) is 4.00. The Bertz CT molecular complexity index is 354. The average Bonchev–Trinajstić information content (AvgIpc) is 2.22. The predicted molar refractivity (Wildman–Crippen MR) is 67.9 cm³/mol. The van der Waals surface area contributed by atoms with E-state index in [-0.39, 0.29) is 165 Å². The molecule has 0 amide bonds. The Morgan fingerprint density at radius 2 is 0.720 bits per heavy atom. The Balaban J connectivity index is -0.0000000501. The van der Waals surface area contributed by atoms with Crippen molar-refractivity contribution in [1.29, 1.82) is 0 Å². The van der Waals surface area contributed by atoms with E-state index in [4.69, 9.17) is 20.4 Å².